The van der Waals surface area contributed by atoms with Gasteiger partial charge in [-0.1, -0.05) is 42.5 Å². The Morgan fingerprint density at radius 1 is 1.03 bits per heavy atom. The summed E-state index contributed by atoms with van der Waals surface area (Å²) < 4.78 is 6.49. The van der Waals surface area contributed by atoms with Crippen molar-refractivity contribution in [2.45, 2.75) is 6.61 Å². The van der Waals surface area contributed by atoms with Gasteiger partial charge >= 0.3 is 0 Å². The summed E-state index contributed by atoms with van der Waals surface area (Å²) in [5.74, 6) is 0.111. The Hall–Kier alpha value is -3.87. The van der Waals surface area contributed by atoms with Crippen molar-refractivity contribution in [2.24, 2.45) is 0 Å². The number of nitrogens with one attached hydrogen (secondary N) is 1. The maximum Gasteiger partial charge on any atom is 0.266 e. The Morgan fingerprint density at radius 2 is 1.77 bits per heavy atom. The van der Waals surface area contributed by atoms with Crippen molar-refractivity contribution in [3.63, 3.8) is 0 Å². The van der Waals surface area contributed by atoms with Gasteiger partial charge in [-0.25, -0.2) is 0 Å². The number of hydrogen-bond donors (Lipinski definition) is 1. The predicted octanol–water partition coefficient (Wildman–Crippen LogP) is 5.45. The van der Waals surface area contributed by atoms with Crippen LogP contribution in [0.2, 0.25) is 0 Å². The first kappa shape index (κ1) is 20.9. The maximum absolute atomic E-state index is 12.4. The van der Waals surface area contributed by atoms with Gasteiger partial charge in [-0.2, -0.15) is 10.5 Å². The molecule has 0 bridgehead atoms. The first-order chi connectivity index (χ1) is 14.6. The molecule has 146 valence electrons. The van der Waals surface area contributed by atoms with E-state index >= 15 is 0 Å². The quantitative estimate of drug-likeness (QED) is 0.394. The highest BCUT2D eigenvalue weighted by Gasteiger charge is 2.11. The highest BCUT2D eigenvalue weighted by Crippen LogP contribution is 2.28. The Morgan fingerprint density at radius 3 is 2.47 bits per heavy atom. The Kier molecular flexibility index (Phi) is 7.00. The molecule has 0 aliphatic rings. The van der Waals surface area contributed by atoms with E-state index in [4.69, 9.17) is 4.74 Å². The molecule has 30 heavy (non-hydrogen) atoms. The van der Waals surface area contributed by atoms with Gasteiger partial charge in [0.15, 0.2) is 0 Å². The highest BCUT2D eigenvalue weighted by molar-refractivity contribution is 9.10. The van der Waals surface area contributed by atoms with Gasteiger partial charge < -0.3 is 10.1 Å². The molecule has 0 saturated carbocycles. The Labute approximate surface area is 183 Å². The second-order valence-electron chi connectivity index (χ2n) is 6.24. The van der Waals surface area contributed by atoms with Crippen LogP contribution in [-0.4, -0.2) is 5.91 Å². The number of para-hydroxylation sites is 1. The summed E-state index contributed by atoms with van der Waals surface area (Å²) in [7, 11) is 0. The third-order valence-corrected chi connectivity index (χ3v) is 4.80. The number of ether oxygens (including phenoxy) is 1. The third kappa shape index (κ3) is 5.35. The van der Waals surface area contributed by atoms with E-state index in [0.717, 1.165) is 5.56 Å². The third-order valence-electron chi connectivity index (χ3n) is 4.18. The molecule has 1 amide bonds. The van der Waals surface area contributed by atoms with Crippen molar-refractivity contribution in [1.29, 1.82) is 10.5 Å². The van der Waals surface area contributed by atoms with Crippen molar-refractivity contribution in [1.82, 2.24) is 0 Å². The van der Waals surface area contributed by atoms with E-state index in [0.29, 0.717) is 27.0 Å². The predicted molar refractivity (Wildman–Crippen MR) is 118 cm³/mol. The van der Waals surface area contributed by atoms with E-state index in [2.05, 4.69) is 27.3 Å². The molecule has 0 aliphatic heterocycles. The van der Waals surface area contributed by atoms with Crippen LogP contribution < -0.4 is 10.1 Å². The van der Waals surface area contributed by atoms with E-state index < -0.39 is 5.91 Å². The summed E-state index contributed by atoms with van der Waals surface area (Å²) >= 11 is 3.46. The fourth-order valence-corrected chi connectivity index (χ4v) is 3.18. The van der Waals surface area contributed by atoms with Gasteiger partial charge in [0, 0.05) is 11.3 Å². The van der Waals surface area contributed by atoms with Crippen LogP contribution >= 0.6 is 15.9 Å². The van der Waals surface area contributed by atoms with E-state index in [1.54, 1.807) is 54.6 Å². The first-order valence-electron chi connectivity index (χ1n) is 8.99. The molecule has 0 radical (unpaired) electrons. The lowest BCUT2D eigenvalue weighted by atomic mass is 10.1. The summed E-state index contributed by atoms with van der Waals surface area (Å²) in [5, 5.41) is 21.2. The monoisotopic (exact) mass is 457 g/mol. The zero-order valence-electron chi connectivity index (χ0n) is 15.8. The molecule has 0 fully saturated rings. The number of rotatable bonds is 6. The SMILES string of the molecule is N#C/C(=C/c1ccc(OCc2ccccc2C#N)c(Br)c1)C(=O)Nc1ccccc1. The van der Waals surface area contributed by atoms with Gasteiger partial charge in [-0.15, -0.1) is 0 Å². The fourth-order valence-electron chi connectivity index (χ4n) is 2.67. The first-order valence-corrected chi connectivity index (χ1v) is 9.78. The largest absolute Gasteiger partial charge is 0.488 e. The number of nitriles is 2. The van der Waals surface area contributed by atoms with Crippen LogP contribution in [0.5, 0.6) is 5.75 Å². The molecule has 1 N–H and O–H groups in total. The number of amides is 1. The van der Waals surface area contributed by atoms with Crippen LogP contribution in [0.15, 0.2) is 82.8 Å². The molecule has 0 spiro atoms. The lowest BCUT2D eigenvalue weighted by Gasteiger charge is -2.10. The molecule has 3 rings (SSSR count). The van der Waals surface area contributed by atoms with Crippen LogP contribution in [0.25, 0.3) is 6.08 Å². The van der Waals surface area contributed by atoms with Crippen LogP contribution in [0, 0.1) is 22.7 Å². The van der Waals surface area contributed by atoms with Gasteiger partial charge in [-0.05, 0) is 57.9 Å². The standard InChI is InChI=1S/C24H16BrN3O2/c25-22-13-17(12-20(15-27)24(29)28-21-8-2-1-3-9-21)10-11-23(22)30-16-19-7-5-4-6-18(19)14-26/h1-13H,16H2,(H,28,29)/b20-12-. The zero-order chi connectivity index (χ0) is 21.3. The summed E-state index contributed by atoms with van der Waals surface area (Å²) in [6.07, 6.45) is 1.51. The minimum Gasteiger partial charge on any atom is -0.488 e. The Balaban J connectivity index is 1.73. The molecule has 0 aliphatic carbocycles. The van der Waals surface area contributed by atoms with E-state index in [1.807, 2.05) is 24.3 Å². The van der Waals surface area contributed by atoms with Gasteiger partial charge in [0.25, 0.3) is 5.91 Å². The average molecular weight is 458 g/mol. The molecular formula is C24H16BrN3O2. The van der Waals surface area contributed by atoms with Crippen molar-refractivity contribution in [3.8, 4) is 17.9 Å². The zero-order valence-corrected chi connectivity index (χ0v) is 17.4. The summed E-state index contributed by atoms with van der Waals surface area (Å²) in [6.45, 7) is 0.250. The van der Waals surface area contributed by atoms with Crippen molar-refractivity contribution >= 4 is 33.6 Å². The van der Waals surface area contributed by atoms with Crippen LogP contribution in [0.1, 0.15) is 16.7 Å². The summed E-state index contributed by atoms with van der Waals surface area (Å²) in [6, 6.07) is 25.5. The van der Waals surface area contributed by atoms with Gasteiger partial charge in [-0.3, -0.25) is 4.79 Å². The summed E-state index contributed by atoms with van der Waals surface area (Å²) in [5.41, 5.74) is 2.64. The number of carbonyl (C=O) groups excluding carboxylic acids is 1. The smallest absolute Gasteiger partial charge is 0.266 e. The topological polar surface area (TPSA) is 85.9 Å². The molecule has 6 heteroatoms. The molecule has 0 saturated heterocycles. The average Bonchev–Trinajstić information content (AvgIpc) is 2.77. The second-order valence-corrected chi connectivity index (χ2v) is 7.09. The maximum atomic E-state index is 12.4. The molecule has 0 aromatic heterocycles. The van der Waals surface area contributed by atoms with Crippen molar-refractivity contribution in [3.05, 3.63) is 99.5 Å². The van der Waals surface area contributed by atoms with Gasteiger partial charge in [0.2, 0.25) is 0 Å². The van der Waals surface area contributed by atoms with Crippen LogP contribution in [0.4, 0.5) is 5.69 Å². The highest BCUT2D eigenvalue weighted by atomic mass is 79.9. The lowest BCUT2D eigenvalue weighted by molar-refractivity contribution is -0.112. The molecular weight excluding hydrogens is 442 g/mol. The van der Waals surface area contributed by atoms with E-state index in [-0.39, 0.29) is 12.2 Å². The fraction of sp³-hybridized carbons (Fsp3) is 0.0417. The van der Waals surface area contributed by atoms with Crippen LogP contribution in [-0.2, 0) is 11.4 Å². The van der Waals surface area contributed by atoms with Crippen molar-refractivity contribution in [2.75, 3.05) is 5.32 Å². The van der Waals surface area contributed by atoms with Gasteiger partial charge in [0.05, 0.1) is 16.1 Å². The van der Waals surface area contributed by atoms with E-state index in [9.17, 15) is 15.3 Å². The molecule has 0 unspecified atom stereocenters. The minimum absolute atomic E-state index is 0.0117. The van der Waals surface area contributed by atoms with Gasteiger partial charge in [0.1, 0.15) is 24.0 Å². The lowest BCUT2D eigenvalue weighted by Crippen LogP contribution is -2.13. The number of anilines is 1. The number of nitrogens with zero attached hydrogens (tertiary/aromatic N) is 2. The minimum atomic E-state index is -0.478. The number of carbonyl (C=O) groups is 1. The molecule has 3 aromatic carbocycles. The molecule has 5 nitrogen and oxygen atoms in total. The van der Waals surface area contributed by atoms with Crippen LogP contribution in [0.3, 0.4) is 0 Å². The summed E-state index contributed by atoms with van der Waals surface area (Å²) in [4.78, 5) is 12.4. The number of halogens is 1. The van der Waals surface area contributed by atoms with E-state index in [1.165, 1.54) is 6.08 Å². The molecule has 0 atom stereocenters. The molecule has 0 heterocycles. The number of hydrogen-bond acceptors (Lipinski definition) is 4. The second kappa shape index (κ2) is 10.1. The molecule has 3 aromatic rings. The number of benzene rings is 3. The normalized spacial score (nSPS) is 10.6. The Bertz CT molecular complexity index is 1180. The van der Waals surface area contributed by atoms with Crippen molar-refractivity contribution < 1.29 is 9.53 Å².